The molecule has 0 aliphatic carbocycles. The molecular weight excluding hydrogens is 326 g/mol. The molecule has 0 radical (unpaired) electrons. The Kier molecular flexibility index (Phi) is 5.33. The number of ether oxygens (including phenoxy) is 1. The van der Waals surface area contributed by atoms with Crippen LogP contribution in [0.3, 0.4) is 0 Å². The molecule has 1 aliphatic heterocycles. The van der Waals surface area contributed by atoms with E-state index in [1.54, 1.807) is 22.6 Å². The highest BCUT2D eigenvalue weighted by Crippen LogP contribution is 2.25. The Balaban J connectivity index is 1.86. The van der Waals surface area contributed by atoms with Crippen LogP contribution in [0, 0.1) is 5.92 Å². The van der Waals surface area contributed by atoms with E-state index in [1.165, 1.54) is 6.20 Å². The second kappa shape index (κ2) is 7.46. The summed E-state index contributed by atoms with van der Waals surface area (Å²) in [7, 11) is -3.55. The van der Waals surface area contributed by atoms with Crippen molar-refractivity contribution in [3.05, 3.63) is 48.5 Å². The maximum Gasteiger partial charge on any atom is 0.244 e. The summed E-state index contributed by atoms with van der Waals surface area (Å²) in [5, 5.41) is 0. The van der Waals surface area contributed by atoms with Gasteiger partial charge in [-0.25, -0.2) is 8.42 Å². The quantitative estimate of drug-likeness (QED) is 0.750. The van der Waals surface area contributed by atoms with Gasteiger partial charge in [0.15, 0.2) is 0 Å². The predicted octanol–water partition coefficient (Wildman–Crippen LogP) is 2.13. The summed E-state index contributed by atoms with van der Waals surface area (Å²) in [4.78, 5) is 4.20. The van der Waals surface area contributed by atoms with Crippen LogP contribution in [0.15, 0.2) is 47.8 Å². The van der Waals surface area contributed by atoms with Crippen molar-refractivity contribution in [2.75, 3.05) is 19.8 Å². The van der Waals surface area contributed by atoms with E-state index in [-0.39, 0.29) is 10.8 Å². The third-order valence-corrected chi connectivity index (χ3v) is 6.12. The first-order valence-corrected chi connectivity index (χ1v) is 9.67. The number of rotatable bonds is 6. The molecule has 0 unspecified atom stereocenters. The van der Waals surface area contributed by atoms with Crippen molar-refractivity contribution in [1.29, 1.82) is 0 Å². The normalized spacial score (nSPS) is 19.0. The third kappa shape index (κ3) is 3.68. The Morgan fingerprint density at radius 2 is 2.17 bits per heavy atom. The van der Waals surface area contributed by atoms with Gasteiger partial charge in [0, 0.05) is 50.6 Å². The standard InChI is InChI=1S/C17H23N3O3S/c1-2-23-10-7-15-12-19-9-4-5-16(19)14-20(13-15)24(21,22)17-6-3-8-18-11-17/h3-6,8-9,11,15H,2,7,10,12-14H2,1H3/t15-/m1/s1. The summed E-state index contributed by atoms with van der Waals surface area (Å²) >= 11 is 0. The Morgan fingerprint density at radius 3 is 2.92 bits per heavy atom. The van der Waals surface area contributed by atoms with Crippen LogP contribution in [0.25, 0.3) is 0 Å². The smallest absolute Gasteiger partial charge is 0.244 e. The van der Waals surface area contributed by atoms with Gasteiger partial charge in [-0.3, -0.25) is 4.98 Å². The molecule has 130 valence electrons. The molecule has 0 saturated carbocycles. The van der Waals surface area contributed by atoms with E-state index in [0.29, 0.717) is 26.3 Å². The topological polar surface area (TPSA) is 64.4 Å². The van der Waals surface area contributed by atoms with Gasteiger partial charge < -0.3 is 9.30 Å². The van der Waals surface area contributed by atoms with Gasteiger partial charge in [0.25, 0.3) is 0 Å². The molecule has 3 heterocycles. The Hall–Kier alpha value is -1.70. The first-order valence-electron chi connectivity index (χ1n) is 8.23. The molecule has 3 rings (SSSR count). The van der Waals surface area contributed by atoms with Crippen molar-refractivity contribution < 1.29 is 13.2 Å². The molecule has 6 nitrogen and oxygen atoms in total. The summed E-state index contributed by atoms with van der Waals surface area (Å²) in [5.41, 5.74) is 1.02. The zero-order valence-corrected chi connectivity index (χ0v) is 14.7. The fraction of sp³-hybridized carbons (Fsp3) is 0.471. The van der Waals surface area contributed by atoms with Crippen LogP contribution in [-0.2, 0) is 27.8 Å². The molecule has 0 bridgehead atoms. The van der Waals surface area contributed by atoms with Gasteiger partial charge in [-0.15, -0.1) is 0 Å². The van der Waals surface area contributed by atoms with E-state index in [0.717, 1.165) is 18.7 Å². The lowest BCUT2D eigenvalue weighted by atomic mass is 10.1. The number of aromatic nitrogens is 2. The summed E-state index contributed by atoms with van der Waals surface area (Å²) in [6.45, 7) is 4.99. The van der Waals surface area contributed by atoms with Crippen LogP contribution in [0.2, 0.25) is 0 Å². The molecule has 0 spiro atoms. The van der Waals surface area contributed by atoms with E-state index in [4.69, 9.17) is 4.74 Å². The lowest BCUT2D eigenvalue weighted by molar-refractivity contribution is 0.126. The average molecular weight is 349 g/mol. The van der Waals surface area contributed by atoms with Crippen LogP contribution in [0.4, 0.5) is 0 Å². The number of nitrogens with zero attached hydrogens (tertiary/aromatic N) is 3. The van der Waals surface area contributed by atoms with Gasteiger partial charge in [-0.2, -0.15) is 4.31 Å². The molecule has 2 aromatic heterocycles. The number of fused-ring (bicyclic) bond motifs is 1. The van der Waals surface area contributed by atoms with Gasteiger partial charge in [0.1, 0.15) is 4.90 Å². The maximum atomic E-state index is 13.0. The number of sulfonamides is 1. The van der Waals surface area contributed by atoms with E-state index >= 15 is 0 Å². The molecule has 1 aliphatic rings. The molecular formula is C17H23N3O3S. The SMILES string of the molecule is CCOCC[C@H]1CN(S(=O)(=O)c2cccnc2)Cc2cccn2C1. The highest BCUT2D eigenvalue weighted by atomic mass is 32.2. The first-order chi connectivity index (χ1) is 11.6. The average Bonchev–Trinajstić information content (AvgIpc) is 2.94. The lowest BCUT2D eigenvalue weighted by Crippen LogP contribution is -2.34. The van der Waals surface area contributed by atoms with Crippen LogP contribution in [0.5, 0.6) is 0 Å². The fourth-order valence-electron chi connectivity index (χ4n) is 3.05. The van der Waals surface area contributed by atoms with E-state index in [1.807, 2.05) is 25.3 Å². The first kappa shape index (κ1) is 17.1. The summed E-state index contributed by atoms with van der Waals surface area (Å²) < 4.78 is 35.2. The summed E-state index contributed by atoms with van der Waals surface area (Å²) in [5.74, 6) is 0.219. The van der Waals surface area contributed by atoms with Gasteiger partial charge >= 0.3 is 0 Å². The van der Waals surface area contributed by atoms with E-state index < -0.39 is 10.0 Å². The molecule has 0 fully saturated rings. The van der Waals surface area contributed by atoms with Gasteiger partial charge in [0.2, 0.25) is 10.0 Å². The van der Waals surface area contributed by atoms with Gasteiger partial charge in [-0.1, -0.05) is 0 Å². The largest absolute Gasteiger partial charge is 0.382 e. The number of pyridine rings is 1. The Morgan fingerprint density at radius 1 is 1.29 bits per heavy atom. The molecule has 0 aromatic carbocycles. The molecule has 2 aromatic rings. The van der Waals surface area contributed by atoms with Crippen molar-refractivity contribution in [1.82, 2.24) is 13.9 Å². The summed E-state index contributed by atoms with van der Waals surface area (Å²) in [6.07, 6.45) is 5.85. The zero-order chi connectivity index (χ0) is 17.0. The minimum absolute atomic E-state index is 0.219. The van der Waals surface area contributed by atoms with Crippen molar-refractivity contribution in [2.45, 2.75) is 31.3 Å². The lowest BCUT2D eigenvalue weighted by Gasteiger charge is -2.23. The minimum Gasteiger partial charge on any atom is -0.382 e. The van der Waals surface area contributed by atoms with Crippen molar-refractivity contribution >= 4 is 10.0 Å². The van der Waals surface area contributed by atoms with Gasteiger partial charge in [-0.05, 0) is 43.5 Å². The zero-order valence-electron chi connectivity index (χ0n) is 13.8. The molecule has 0 saturated heterocycles. The van der Waals surface area contributed by atoms with Crippen LogP contribution >= 0.6 is 0 Å². The minimum atomic E-state index is -3.55. The van der Waals surface area contributed by atoms with E-state index in [2.05, 4.69) is 9.55 Å². The van der Waals surface area contributed by atoms with Crippen LogP contribution in [0.1, 0.15) is 19.0 Å². The Bertz CT molecular complexity index is 758. The fourth-order valence-corrected chi connectivity index (χ4v) is 4.50. The second-order valence-electron chi connectivity index (χ2n) is 5.99. The number of hydrogen-bond donors (Lipinski definition) is 0. The number of hydrogen-bond acceptors (Lipinski definition) is 4. The van der Waals surface area contributed by atoms with Crippen molar-refractivity contribution in [2.24, 2.45) is 5.92 Å². The van der Waals surface area contributed by atoms with Crippen molar-refractivity contribution in [3.8, 4) is 0 Å². The molecule has 7 heteroatoms. The third-order valence-electron chi connectivity index (χ3n) is 4.33. The molecule has 24 heavy (non-hydrogen) atoms. The monoisotopic (exact) mass is 349 g/mol. The highest BCUT2D eigenvalue weighted by Gasteiger charge is 2.30. The van der Waals surface area contributed by atoms with Crippen LogP contribution in [-0.4, -0.2) is 42.0 Å². The van der Waals surface area contributed by atoms with Gasteiger partial charge in [0.05, 0.1) is 6.54 Å². The molecule has 0 N–H and O–H groups in total. The highest BCUT2D eigenvalue weighted by molar-refractivity contribution is 7.89. The van der Waals surface area contributed by atoms with E-state index in [9.17, 15) is 8.42 Å². The molecule has 1 atom stereocenters. The maximum absolute atomic E-state index is 13.0. The summed E-state index contributed by atoms with van der Waals surface area (Å²) in [6, 6.07) is 7.20. The predicted molar refractivity (Wildman–Crippen MR) is 90.9 cm³/mol. The van der Waals surface area contributed by atoms with Crippen LogP contribution < -0.4 is 0 Å². The second-order valence-corrected chi connectivity index (χ2v) is 7.93. The molecule has 0 amide bonds. The Labute approximate surface area is 143 Å². The van der Waals surface area contributed by atoms with Crippen molar-refractivity contribution in [3.63, 3.8) is 0 Å².